The Morgan fingerprint density at radius 3 is 2.87 bits per heavy atom. The Kier molecular flexibility index (Phi) is 3.03. The number of aryl methyl sites for hydroxylation is 1. The lowest BCUT2D eigenvalue weighted by atomic mass is 9.94. The molecule has 1 unspecified atom stereocenters. The van der Waals surface area contributed by atoms with E-state index in [4.69, 9.17) is 0 Å². The molecule has 0 radical (unpaired) electrons. The van der Waals surface area contributed by atoms with Gasteiger partial charge in [0, 0.05) is 6.54 Å². The number of β-amino-alcohol motifs (C(OH)–C–C–N with tert-alkyl or cyclic N) is 1. The average molecular weight is 209 g/mol. The van der Waals surface area contributed by atoms with Gasteiger partial charge in [0.1, 0.15) is 5.82 Å². The summed E-state index contributed by atoms with van der Waals surface area (Å²) in [6.07, 6.45) is 1.99. The summed E-state index contributed by atoms with van der Waals surface area (Å²) in [6.45, 7) is 1.48. The lowest BCUT2D eigenvalue weighted by molar-refractivity contribution is 0.0525. The van der Waals surface area contributed by atoms with Gasteiger partial charge in [0.05, 0.1) is 5.60 Å². The van der Waals surface area contributed by atoms with E-state index in [-0.39, 0.29) is 5.82 Å². The summed E-state index contributed by atoms with van der Waals surface area (Å²) >= 11 is 0. The van der Waals surface area contributed by atoms with Crippen LogP contribution in [0.25, 0.3) is 0 Å². The molecule has 1 aromatic rings. The van der Waals surface area contributed by atoms with Gasteiger partial charge >= 0.3 is 0 Å². The second-order valence-electron chi connectivity index (χ2n) is 4.24. The molecule has 1 aliphatic rings. The van der Waals surface area contributed by atoms with Crippen LogP contribution in [0.3, 0.4) is 0 Å². The fourth-order valence-electron chi connectivity index (χ4n) is 2.01. The van der Waals surface area contributed by atoms with Gasteiger partial charge in [-0.3, -0.25) is 0 Å². The van der Waals surface area contributed by atoms with Crippen LogP contribution in [0.5, 0.6) is 0 Å². The lowest BCUT2D eigenvalue weighted by Crippen LogP contribution is -2.31. The van der Waals surface area contributed by atoms with Crippen molar-refractivity contribution in [3.05, 3.63) is 35.6 Å². The second kappa shape index (κ2) is 4.29. The first-order chi connectivity index (χ1) is 7.20. The molecular weight excluding hydrogens is 193 g/mol. The van der Waals surface area contributed by atoms with Gasteiger partial charge in [-0.2, -0.15) is 0 Å². The van der Waals surface area contributed by atoms with E-state index < -0.39 is 5.60 Å². The largest absolute Gasteiger partial charge is 0.389 e. The van der Waals surface area contributed by atoms with Gasteiger partial charge in [0.25, 0.3) is 0 Å². The molecule has 0 saturated carbocycles. The summed E-state index contributed by atoms with van der Waals surface area (Å²) in [7, 11) is 0. The standard InChI is InChI=1S/C12H16FNO/c13-11-4-2-1-3-10(11)5-6-12(15)7-8-14-9-12/h1-4,14-15H,5-9H2. The minimum atomic E-state index is -0.637. The fraction of sp³-hybridized carbons (Fsp3) is 0.500. The maximum atomic E-state index is 13.3. The zero-order valence-corrected chi connectivity index (χ0v) is 8.67. The van der Waals surface area contributed by atoms with Crippen LogP contribution in [-0.2, 0) is 6.42 Å². The normalized spacial score (nSPS) is 25.7. The van der Waals surface area contributed by atoms with Gasteiger partial charge in [-0.15, -0.1) is 0 Å². The first-order valence-corrected chi connectivity index (χ1v) is 5.36. The molecule has 0 aromatic heterocycles. The Morgan fingerprint density at radius 1 is 1.40 bits per heavy atom. The van der Waals surface area contributed by atoms with Crippen molar-refractivity contribution in [3.63, 3.8) is 0 Å². The highest BCUT2D eigenvalue weighted by atomic mass is 19.1. The quantitative estimate of drug-likeness (QED) is 0.790. The zero-order chi connectivity index (χ0) is 10.7. The van der Waals surface area contributed by atoms with Gasteiger partial charge in [0.2, 0.25) is 0 Å². The molecule has 3 heteroatoms. The van der Waals surface area contributed by atoms with Crippen molar-refractivity contribution in [1.29, 1.82) is 0 Å². The first kappa shape index (κ1) is 10.6. The molecule has 82 valence electrons. The zero-order valence-electron chi connectivity index (χ0n) is 8.67. The molecule has 15 heavy (non-hydrogen) atoms. The van der Waals surface area contributed by atoms with Crippen molar-refractivity contribution in [3.8, 4) is 0 Å². The SMILES string of the molecule is OC1(CCc2ccccc2F)CCNC1. The average Bonchev–Trinajstić information content (AvgIpc) is 2.65. The van der Waals surface area contributed by atoms with Crippen LogP contribution in [-0.4, -0.2) is 23.8 Å². The van der Waals surface area contributed by atoms with E-state index in [9.17, 15) is 9.50 Å². The third kappa shape index (κ3) is 2.55. The summed E-state index contributed by atoms with van der Waals surface area (Å²) in [5.41, 5.74) is 0.0558. The molecule has 0 bridgehead atoms. The number of benzene rings is 1. The highest BCUT2D eigenvalue weighted by Crippen LogP contribution is 2.21. The van der Waals surface area contributed by atoms with E-state index in [2.05, 4.69) is 5.32 Å². The Bertz CT molecular complexity index is 334. The summed E-state index contributed by atoms with van der Waals surface area (Å²) < 4.78 is 13.3. The van der Waals surface area contributed by atoms with E-state index in [0.29, 0.717) is 24.9 Å². The summed E-state index contributed by atoms with van der Waals surface area (Å²) in [4.78, 5) is 0. The Balaban J connectivity index is 1.95. The van der Waals surface area contributed by atoms with Gasteiger partial charge in [0.15, 0.2) is 0 Å². The van der Waals surface area contributed by atoms with Crippen molar-refractivity contribution in [2.45, 2.75) is 24.9 Å². The molecule has 1 atom stereocenters. The molecule has 1 fully saturated rings. The number of hydrogen-bond acceptors (Lipinski definition) is 2. The number of rotatable bonds is 3. The van der Waals surface area contributed by atoms with E-state index in [0.717, 1.165) is 13.0 Å². The molecule has 1 heterocycles. The van der Waals surface area contributed by atoms with Crippen LogP contribution >= 0.6 is 0 Å². The van der Waals surface area contributed by atoms with Crippen LogP contribution < -0.4 is 5.32 Å². The topological polar surface area (TPSA) is 32.3 Å². The number of halogens is 1. The predicted molar refractivity (Wildman–Crippen MR) is 57.2 cm³/mol. The molecule has 0 amide bonds. The van der Waals surface area contributed by atoms with Gasteiger partial charge in [-0.25, -0.2) is 4.39 Å². The fourth-order valence-corrected chi connectivity index (χ4v) is 2.01. The summed E-state index contributed by atoms with van der Waals surface area (Å²) in [6, 6.07) is 6.76. The predicted octanol–water partition coefficient (Wildman–Crippen LogP) is 1.48. The molecule has 2 N–H and O–H groups in total. The molecular formula is C12H16FNO. The Hall–Kier alpha value is -0.930. The Labute approximate surface area is 89.1 Å². The maximum Gasteiger partial charge on any atom is 0.126 e. The van der Waals surface area contributed by atoms with Gasteiger partial charge < -0.3 is 10.4 Å². The molecule has 0 aliphatic carbocycles. The van der Waals surface area contributed by atoms with Crippen LogP contribution in [0.2, 0.25) is 0 Å². The monoisotopic (exact) mass is 209 g/mol. The van der Waals surface area contributed by atoms with Crippen LogP contribution in [0, 0.1) is 5.82 Å². The molecule has 1 aliphatic heterocycles. The number of hydrogen-bond donors (Lipinski definition) is 2. The minimum Gasteiger partial charge on any atom is -0.389 e. The molecule has 2 rings (SSSR count). The third-order valence-electron chi connectivity index (χ3n) is 3.04. The van der Waals surface area contributed by atoms with Crippen molar-refractivity contribution >= 4 is 0 Å². The number of aliphatic hydroxyl groups is 1. The smallest absolute Gasteiger partial charge is 0.126 e. The Morgan fingerprint density at radius 2 is 2.20 bits per heavy atom. The minimum absolute atomic E-state index is 0.174. The van der Waals surface area contributed by atoms with Crippen LogP contribution in [0.4, 0.5) is 4.39 Å². The first-order valence-electron chi connectivity index (χ1n) is 5.36. The highest BCUT2D eigenvalue weighted by molar-refractivity contribution is 5.17. The van der Waals surface area contributed by atoms with E-state index in [1.807, 2.05) is 6.07 Å². The van der Waals surface area contributed by atoms with Crippen molar-refractivity contribution < 1.29 is 9.50 Å². The van der Waals surface area contributed by atoms with E-state index in [1.165, 1.54) is 6.07 Å². The van der Waals surface area contributed by atoms with E-state index in [1.54, 1.807) is 12.1 Å². The molecule has 1 saturated heterocycles. The summed E-state index contributed by atoms with van der Waals surface area (Å²) in [5.74, 6) is -0.174. The van der Waals surface area contributed by atoms with Crippen molar-refractivity contribution in [2.75, 3.05) is 13.1 Å². The lowest BCUT2D eigenvalue weighted by Gasteiger charge is -2.20. The van der Waals surface area contributed by atoms with Crippen LogP contribution in [0.1, 0.15) is 18.4 Å². The van der Waals surface area contributed by atoms with E-state index >= 15 is 0 Å². The second-order valence-corrected chi connectivity index (χ2v) is 4.24. The third-order valence-corrected chi connectivity index (χ3v) is 3.04. The molecule has 2 nitrogen and oxygen atoms in total. The van der Waals surface area contributed by atoms with Crippen LogP contribution in [0.15, 0.2) is 24.3 Å². The van der Waals surface area contributed by atoms with Gasteiger partial charge in [-0.1, -0.05) is 18.2 Å². The maximum absolute atomic E-state index is 13.3. The van der Waals surface area contributed by atoms with Crippen molar-refractivity contribution in [2.24, 2.45) is 0 Å². The molecule has 1 aromatic carbocycles. The molecule has 0 spiro atoms. The summed E-state index contributed by atoms with van der Waals surface area (Å²) in [5, 5.41) is 13.2. The van der Waals surface area contributed by atoms with Gasteiger partial charge in [-0.05, 0) is 37.4 Å². The number of nitrogens with one attached hydrogen (secondary N) is 1. The highest BCUT2D eigenvalue weighted by Gasteiger charge is 2.30. The van der Waals surface area contributed by atoms with Crippen molar-refractivity contribution in [1.82, 2.24) is 5.32 Å².